The van der Waals surface area contributed by atoms with E-state index in [1.807, 2.05) is 17.1 Å². The van der Waals surface area contributed by atoms with Crippen molar-refractivity contribution in [1.29, 1.82) is 0 Å². The number of halogens is 3. The fourth-order valence-electron chi connectivity index (χ4n) is 0. The highest BCUT2D eigenvalue weighted by Gasteiger charge is 1.45. The van der Waals surface area contributed by atoms with Crippen molar-refractivity contribution < 1.29 is 0 Å². The predicted molar refractivity (Wildman–Crippen MR) is 77.5 cm³/mol. The minimum absolute atomic E-state index is 0.194. The van der Waals surface area contributed by atoms with E-state index in [-0.39, 0.29) is 5.34 Å². The highest BCUT2D eigenvalue weighted by atomic mass is 127. The predicted octanol–water partition coefficient (Wildman–Crippen LogP) is 5.64. The Labute approximate surface area is 108 Å². The summed E-state index contributed by atoms with van der Waals surface area (Å²) in [6.07, 6.45) is 5.92. The standard InChI is InChI=1S/2C4H8.CH2Cl2.CH3I/c2*1-3-4-2;2-1-3;1-2/h2*3H,1,4H2,2H3;1H2;1H3. The average Bonchev–Trinajstić information content (AvgIpc) is 2.22. The molecule has 0 heterocycles. The van der Waals surface area contributed by atoms with E-state index in [0.717, 1.165) is 12.8 Å². The van der Waals surface area contributed by atoms with E-state index < -0.39 is 0 Å². The van der Waals surface area contributed by atoms with Crippen LogP contribution in [0.3, 0.4) is 0 Å². The van der Waals surface area contributed by atoms with Crippen LogP contribution in [0.1, 0.15) is 26.7 Å². The number of allylic oxidation sites excluding steroid dienone is 2. The number of hydrogen-bond acceptors (Lipinski definition) is 0. The molecule has 13 heavy (non-hydrogen) atoms. The Balaban J connectivity index is -0.0000000431. The summed E-state index contributed by atoms with van der Waals surface area (Å²) in [5.74, 6) is 0. The highest BCUT2D eigenvalue weighted by Crippen LogP contribution is 1.73. The van der Waals surface area contributed by atoms with Gasteiger partial charge in [0.05, 0.1) is 5.34 Å². The Morgan fingerprint density at radius 1 is 1.00 bits per heavy atom. The van der Waals surface area contributed by atoms with Crippen molar-refractivity contribution >= 4 is 45.8 Å². The van der Waals surface area contributed by atoms with Crippen LogP contribution in [0.2, 0.25) is 0 Å². The second-order valence-electron chi connectivity index (χ2n) is 1.49. The van der Waals surface area contributed by atoms with Gasteiger partial charge in [-0.15, -0.1) is 36.4 Å². The van der Waals surface area contributed by atoms with Gasteiger partial charge in [-0.1, -0.05) is 48.6 Å². The van der Waals surface area contributed by atoms with Crippen molar-refractivity contribution in [3.63, 3.8) is 0 Å². The van der Waals surface area contributed by atoms with E-state index in [1.165, 1.54) is 0 Å². The van der Waals surface area contributed by atoms with Crippen LogP contribution in [0.15, 0.2) is 25.3 Å². The van der Waals surface area contributed by atoms with Gasteiger partial charge in [-0.3, -0.25) is 0 Å². The molecule has 0 unspecified atom stereocenters. The zero-order valence-corrected chi connectivity index (χ0v) is 12.5. The minimum atomic E-state index is 0.194. The second-order valence-corrected chi connectivity index (χ2v) is 2.30. The lowest BCUT2D eigenvalue weighted by molar-refractivity contribution is 1.23. The van der Waals surface area contributed by atoms with Crippen molar-refractivity contribution in [1.82, 2.24) is 0 Å². The van der Waals surface area contributed by atoms with Crippen LogP contribution in [0.4, 0.5) is 0 Å². The molecular formula is C10H21Cl2I. The largest absolute Gasteiger partial charge is 0.109 e. The average molecular weight is 339 g/mol. The van der Waals surface area contributed by atoms with Crippen molar-refractivity contribution in [2.45, 2.75) is 26.7 Å². The first-order valence-electron chi connectivity index (χ1n) is 3.96. The molecule has 0 spiro atoms. The minimum Gasteiger partial charge on any atom is -0.109 e. The molecule has 0 radical (unpaired) electrons. The zero-order valence-electron chi connectivity index (χ0n) is 8.82. The SMILES string of the molecule is C=CCC.C=CCC.CI.ClCCl. The third-order valence-corrected chi connectivity index (χ3v) is 0.577. The van der Waals surface area contributed by atoms with Gasteiger partial charge in [0.15, 0.2) is 0 Å². The summed E-state index contributed by atoms with van der Waals surface area (Å²) in [6, 6.07) is 0. The lowest BCUT2D eigenvalue weighted by Gasteiger charge is -1.57. The van der Waals surface area contributed by atoms with Gasteiger partial charge in [0.25, 0.3) is 0 Å². The highest BCUT2D eigenvalue weighted by molar-refractivity contribution is 14.1. The fraction of sp³-hybridized carbons (Fsp3) is 0.600. The Morgan fingerprint density at radius 2 is 1.08 bits per heavy atom. The van der Waals surface area contributed by atoms with Gasteiger partial charge in [0.1, 0.15) is 0 Å². The van der Waals surface area contributed by atoms with Gasteiger partial charge in [-0.05, 0) is 17.8 Å². The summed E-state index contributed by atoms with van der Waals surface area (Å²) in [5.41, 5.74) is 0. The smallest absolute Gasteiger partial charge is 0.0967 e. The van der Waals surface area contributed by atoms with E-state index in [9.17, 15) is 0 Å². The Kier molecular flexibility index (Phi) is 96.0. The molecule has 0 aliphatic heterocycles. The summed E-state index contributed by atoms with van der Waals surface area (Å²) in [5, 5.41) is 0.194. The van der Waals surface area contributed by atoms with Gasteiger partial charge in [0, 0.05) is 0 Å². The molecule has 0 saturated heterocycles. The van der Waals surface area contributed by atoms with Crippen molar-refractivity contribution in [2.24, 2.45) is 0 Å². The molecular weight excluding hydrogens is 318 g/mol. The van der Waals surface area contributed by atoms with Gasteiger partial charge >= 0.3 is 0 Å². The summed E-state index contributed by atoms with van der Waals surface area (Å²) >= 11 is 11.7. The van der Waals surface area contributed by atoms with Crippen LogP contribution in [0.25, 0.3) is 0 Å². The monoisotopic (exact) mass is 338 g/mol. The molecule has 0 aliphatic carbocycles. The van der Waals surface area contributed by atoms with E-state index in [2.05, 4.69) is 49.6 Å². The first kappa shape index (κ1) is 23.5. The first-order chi connectivity index (χ1) is 6.24. The van der Waals surface area contributed by atoms with Crippen LogP contribution < -0.4 is 0 Å². The Morgan fingerprint density at radius 3 is 1.08 bits per heavy atom. The van der Waals surface area contributed by atoms with Crippen LogP contribution >= 0.6 is 45.8 Å². The van der Waals surface area contributed by atoms with Crippen LogP contribution in [-0.4, -0.2) is 10.3 Å². The quantitative estimate of drug-likeness (QED) is 0.347. The normalized spacial score (nSPS) is 5.69. The summed E-state index contributed by atoms with van der Waals surface area (Å²) < 4.78 is 0. The van der Waals surface area contributed by atoms with Gasteiger partial charge in [-0.25, -0.2) is 0 Å². The third-order valence-electron chi connectivity index (χ3n) is 0.577. The van der Waals surface area contributed by atoms with Crippen LogP contribution in [0.5, 0.6) is 0 Å². The molecule has 0 N–H and O–H groups in total. The molecule has 0 nitrogen and oxygen atoms in total. The summed E-state index contributed by atoms with van der Waals surface area (Å²) in [7, 11) is 0. The van der Waals surface area contributed by atoms with E-state index in [4.69, 9.17) is 23.2 Å². The zero-order chi connectivity index (χ0) is 11.5. The molecule has 0 fully saturated rings. The van der Waals surface area contributed by atoms with Gasteiger partial charge in [0.2, 0.25) is 0 Å². The molecule has 82 valence electrons. The van der Waals surface area contributed by atoms with Crippen LogP contribution in [-0.2, 0) is 0 Å². The second kappa shape index (κ2) is 53.0. The molecule has 0 aliphatic rings. The summed E-state index contributed by atoms with van der Waals surface area (Å²) in [6.45, 7) is 11.1. The lowest BCUT2D eigenvalue weighted by Crippen LogP contribution is -1.36. The maximum Gasteiger partial charge on any atom is 0.0967 e. The van der Waals surface area contributed by atoms with Crippen LogP contribution in [0, 0.1) is 0 Å². The maximum absolute atomic E-state index is 4.76. The van der Waals surface area contributed by atoms with Gasteiger partial charge in [-0.2, -0.15) is 0 Å². The molecule has 0 aromatic carbocycles. The molecule has 0 rings (SSSR count). The Bertz CT molecular complexity index is 57.9. The van der Waals surface area contributed by atoms with E-state index in [0.29, 0.717) is 0 Å². The summed E-state index contributed by atoms with van der Waals surface area (Å²) in [4.78, 5) is 1.97. The molecule has 0 aromatic rings. The first-order valence-corrected chi connectivity index (χ1v) is 7.19. The third kappa shape index (κ3) is 191. The maximum atomic E-state index is 4.76. The molecule has 0 amide bonds. The van der Waals surface area contributed by atoms with Crippen molar-refractivity contribution in [3.05, 3.63) is 25.3 Å². The molecule has 0 aromatic heterocycles. The van der Waals surface area contributed by atoms with Crippen molar-refractivity contribution in [2.75, 3.05) is 10.3 Å². The number of hydrogen-bond donors (Lipinski definition) is 0. The van der Waals surface area contributed by atoms with Gasteiger partial charge < -0.3 is 0 Å². The molecule has 0 atom stereocenters. The lowest BCUT2D eigenvalue weighted by atomic mass is 10.5. The van der Waals surface area contributed by atoms with Crippen molar-refractivity contribution in [3.8, 4) is 0 Å². The topological polar surface area (TPSA) is 0 Å². The number of rotatable bonds is 2. The van der Waals surface area contributed by atoms with E-state index in [1.54, 1.807) is 0 Å². The molecule has 0 bridgehead atoms. The fourth-order valence-corrected chi connectivity index (χ4v) is 0. The molecule has 3 heteroatoms. The van der Waals surface area contributed by atoms with E-state index >= 15 is 0 Å². The number of alkyl halides is 3. The molecule has 0 saturated carbocycles. The Hall–Kier alpha value is 0.790.